The Morgan fingerprint density at radius 2 is 0.897 bits per heavy atom. The van der Waals surface area contributed by atoms with Gasteiger partial charge in [-0.05, 0) is 169 Å². The molecule has 0 bridgehead atoms. The fraction of sp³-hybridized carbons (Fsp3) is 0.980. The molecule has 6 fully saturated rings. The van der Waals surface area contributed by atoms with Crippen LogP contribution in [0.4, 0.5) is 13.2 Å². The molecule has 0 aromatic heterocycles. The number of carbonyl (C=O) groups is 1. The van der Waals surface area contributed by atoms with Crippen molar-refractivity contribution in [2.45, 2.75) is 248 Å². The van der Waals surface area contributed by atoms with Crippen LogP contribution in [0.1, 0.15) is 225 Å². The number of carbonyl (C=O) groups excluding carboxylic acids is 1. The van der Waals surface area contributed by atoms with Crippen molar-refractivity contribution >= 4 is 5.78 Å². The maximum Gasteiger partial charge on any atom is 0.379 e. The van der Waals surface area contributed by atoms with Gasteiger partial charge < -0.3 is 14.9 Å². The Morgan fingerprint density at radius 3 is 1.17 bits per heavy atom. The van der Waals surface area contributed by atoms with E-state index >= 15 is 0 Å². The molecule has 1 aliphatic heterocycles. The van der Waals surface area contributed by atoms with Gasteiger partial charge in [0.2, 0.25) is 0 Å². The van der Waals surface area contributed by atoms with E-state index in [2.05, 4.69) is 76.2 Å². The maximum atomic E-state index is 10.8. The molecule has 1 spiro atoms. The highest BCUT2D eigenvalue weighted by atomic mass is 19.4. The van der Waals surface area contributed by atoms with Crippen molar-refractivity contribution in [2.75, 3.05) is 6.61 Å². The van der Waals surface area contributed by atoms with Gasteiger partial charge in [0.25, 0.3) is 0 Å². The van der Waals surface area contributed by atoms with Gasteiger partial charge in [0.05, 0.1) is 23.4 Å². The molecule has 7 heteroatoms. The summed E-state index contributed by atoms with van der Waals surface area (Å²) in [4.78, 5) is 10.8. The number of alkyl halides is 3. The molecule has 0 radical (unpaired) electrons. The first-order valence-corrected chi connectivity index (χ1v) is 24.4. The van der Waals surface area contributed by atoms with Crippen molar-refractivity contribution in [2.24, 2.45) is 65.1 Å². The molecule has 5 saturated carbocycles. The van der Waals surface area contributed by atoms with Crippen molar-refractivity contribution in [3.63, 3.8) is 0 Å². The highest BCUT2D eigenvalue weighted by Gasteiger charge is 2.42. The summed E-state index contributed by atoms with van der Waals surface area (Å²) >= 11 is 0. The maximum absolute atomic E-state index is 10.8. The molecule has 58 heavy (non-hydrogen) atoms. The molecule has 1 saturated heterocycles. The van der Waals surface area contributed by atoms with Crippen LogP contribution < -0.4 is 0 Å². The number of ether oxygens (including phenoxy) is 1. The average Bonchev–Trinajstić information content (AvgIpc) is 3.11. The minimum atomic E-state index is -3.67. The number of rotatable bonds is 5. The zero-order valence-electron chi connectivity index (χ0n) is 40.3. The van der Waals surface area contributed by atoms with Crippen LogP contribution in [0.15, 0.2) is 0 Å². The average molecular weight is 831 g/mol. The summed E-state index contributed by atoms with van der Waals surface area (Å²) in [6.07, 6.45) is 25.7. The lowest BCUT2D eigenvalue weighted by molar-refractivity contribution is -0.171. The van der Waals surface area contributed by atoms with Crippen LogP contribution in [0.25, 0.3) is 0 Å². The second-order valence-electron chi connectivity index (χ2n) is 22.2. The Bertz CT molecular complexity index is 1010. The topological polar surface area (TPSA) is 66.8 Å². The van der Waals surface area contributed by atoms with Crippen molar-refractivity contribution < 1.29 is 32.9 Å². The lowest BCUT2D eigenvalue weighted by Crippen LogP contribution is -2.46. The molecular weight excluding hydrogens is 734 g/mol. The van der Waals surface area contributed by atoms with E-state index in [-0.39, 0.29) is 11.2 Å². The van der Waals surface area contributed by atoms with Crippen LogP contribution in [-0.4, -0.2) is 46.1 Å². The molecule has 346 valence electrons. The molecule has 6 atom stereocenters. The van der Waals surface area contributed by atoms with Gasteiger partial charge in [0, 0.05) is 12.8 Å². The van der Waals surface area contributed by atoms with E-state index in [9.17, 15) is 28.2 Å². The first-order valence-electron chi connectivity index (χ1n) is 24.4. The minimum absolute atomic E-state index is 0.366. The second kappa shape index (κ2) is 27.4. The van der Waals surface area contributed by atoms with Gasteiger partial charge in [0.1, 0.15) is 5.78 Å². The van der Waals surface area contributed by atoms with Crippen LogP contribution >= 0.6 is 0 Å². The summed E-state index contributed by atoms with van der Waals surface area (Å²) in [5.41, 5.74) is -0.369. The normalized spacial score (nSPS) is 34.1. The van der Waals surface area contributed by atoms with Gasteiger partial charge >= 0.3 is 6.68 Å². The van der Waals surface area contributed by atoms with E-state index in [4.69, 9.17) is 4.74 Å². The van der Waals surface area contributed by atoms with E-state index < -0.39 is 6.68 Å². The zero-order chi connectivity index (χ0) is 44.3. The molecule has 2 N–H and O–H groups in total. The lowest BCUT2D eigenvalue weighted by atomic mass is 9.72. The Hall–Kier alpha value is -0.660. The Morgan fingerprint density at radius 1 is 0.534 bits per heavy atom. The molecule has 4 nitrogen and oxygen atoms in total. The van der Waals surface area contributed by atoms with E-state index in [1.807, 2.05) is 13.8 Å². The molecule has 0 amide bonds. The second-order valence-corrected chi connectivity index (χ2v) is 22.2. The van der Waals surface area contributed by atoms with Crippen molar-refractivity contribution in [1.29, 1.82) is 0 Å². The highest BCUT2D eigenvalue weighted by molar-refractivity contribution is 5.79. The van der Waals surface area contributed by atoms with Crippen LogP contribution in [0, 0.1) is 65.1 Å². The van der Waals surface area contributed by atoms with E-state index in [0.717, 1.165) is 123 Å². The molecule has 6 rings (SSSR count). The third-order valence-corrected chi connectivity index (χ3v) is 15.2. The quantitative estimate of drug-likeness (QED) is 0.290. The summed E-state index contributed by atoms with van der Waals surface area (Å²) in [5.74, 6) is 9.83. The molecular formula is C51H97F3O4. The summed E-state index contributed by atoms with van der Waals surface area (Å²) < 4.78 is 34.7. The van der Waals surface area contributed by atoms with E-state index in [1.54, 1.807) is 0 Å². The SMILES string of the molecule is CC(C)C1CCC(=O)CC1.CC(C)C1CCC2(CCO2)CC1.CC(C)C1CCCC(C)(O)C1.CC(C)C1CCCC(C)(O)C1.CC1CCCC(C(C)C)C1.FC(F)F. The summed E-state index contributed by atoms with van der Waals surface area (Å²) in [7, 11) is 0. The van der Waals surface area contributed by atoms with Crippen molar-refractivity contribution in [1.82, 2.24) is 0 Å². The highest BCUT2D eigenvalue weighted by Crippen LogP contribution is 2.44. The number of hydrogen-bond acceptors (Lipinski definition) is 4. The number of aliphatic hydroxyl groups is 2. The Labute approximate surface area is 357 Å². The molecule has 1 heterocycles. The van der Waals surface area contributed by atoms with Gasteiger partial charge in [-0.2, -0.15) is 13.2 Å². The number of Topliss-reactive ketones (excluding diaryl/α,β-unsaturated/α-hetero) is 1. The van der Waals surface area contributed by atoms with Gasteiger partial charge in [-0.15, -0.1) is 0 Å². The van der Waals surface area contributed by atoms with E-state index in [0.29, 0.717) is 11.4 Å². The minimum Gasteiger partial charge on any atom is -0.390 e. The fourth-order valence-electron chi connectivity index (χ4n) is 10.5. The van der Waals surface area contributed by atoms with Crippen LogP contribution in [0.3, 0.4) is 0 Å². The van der Waals surface area contributed by atoms with Crippen LogP contribution in [0.2, 0.25) is 0 Å². The Balaban J connectivity index is 0.000000355. The third-order valence-electron chi connectivity index (χ3n) is 15.2. The van der Waals surface area contributed by atoms with Crippen molar-refractivity contribution in [3.8, 4) is 0 Å². The van der Waals surface area contributed by atoms with Gasteiger partial charge in [-0.3, -0.25) is 4.79 Å². The molecule has 6 unspecified atom stereocenters. The molecule has 0 aromatic carbocycles. The van der Waals surface area contributed by atoms with Gasteiger partial charge in [0.15, 0.2) is 0 Å². The molecule has 6 aliphatic rings. The monoisotopic (exact) mass is 831 g/mol. The van der Waals surface area contributed by atoms with E-state index in [1.165, 1.54) is 83.5 Å². The Kier molecular flexibility index (Phi) is 26.2. The molecule has 5 aliphatic carbocycles. The summed E-state index contributed by atoms with van der Waals surface area (Å²) in [6, 6.07) is 0. The van der Waals surface area contributed by atoms with Gasteiger partial charge in [-0.25, -0.2) is 0 Å². The van der Waals surface area contributed by atoms with Gasteiger partial charge in [-0.1, -0.05) is 108 Å². The smallest absolute Gasteiger partial charge is 0.379 e. The first kappa shape index (κ1) is 55.4. The first-order chi connectivity index (χ1) is 26.9. The number of ketones is 1. The third kappa shape index (κ3) is 23.5. The zero-order valence-corrected chi connectivity index (χ0v) is 40.3. The molecule has 0 aromatic rings. The fourth-order valence-corrected chi connectivity index (χ4v) is 10.5. The van der Waals surface area contributed by atoms with Crippen molar-refractivity contribution in [3.05, 3.63) is 0 Å². The predicted octanol–water partition coefficient (Wildman–Crippen LogP) is 15.2. The number of halogens is 3. The summed E-state index contributed by atoms with van der Waals surface area (Å²) in [5, 5.41) is 19.6. The largest absolute Gasteiger partial charge is 0.390 e. The summed E-state index contributed by atoms with van der Waals surface area (Å²) in [6.45, 7) is 26.7. The lowest BCUT2D eigenvalue weighted by Gasteiger charge is -2.47. The van der Waals surface area contributed by atoms with Crippen LogP contribution in [0.5, 0.6) is 0 Å². The number of hydrogen-bond donors (Lipinski definition) is 2. The van der Waals surface area contributed by atoms with Crippen LogP contribution in [-0.2, 0) is 9.53 Å². The predicted molar refractivity (Wildman–Crippen MR) is 240 cm³/mol. The standard InChI is InChI=1S/C11H20O.2C10H20O.C10H20.C9H16O.CHF3/c1-9(2)10-3-5-11(6-4-10)7-8-12-11;2*1-8(2)9-5-4-6-10(3,11)7-9;1-8(2)10-6-4-5-9(3)7-10;1-7(2)8-3-5-9(10)6-4-8;2-1(3)4/h9-10H,3-8H2,1-2H3;2*8-9,11H,4-7H2,1-3H3;8-10H,4-7H2,1-3H3;7-8H,3-6H2,1-2H3;1H.